The minimum absolute atomic E-state index is 0.00361. The number of imidazole rings is 1. The van der Waals surface area contributed by atoms with Gasteiger partial charge >= 0.3 is 0 Å². The van der Waals surface area contributed by atoms with E-state index in [0.717, 1.165) is 45.1 Å². The van der Waals surface area contributed by atoms with Gasteiger partial charge in [-0.25, -0.2) is 4.98 Å². The molecule has 0 saturated carbocycles. The van der Waals surface area contributed by atoms with Crippen molar-refractivity contribution in [2.75, 3.05) is 12.4 Å². The van der Waals surface area contributed by atoms with Gasteiger partial charge in [0.25, 0.3) is 0 Å². The predicted octanol–water partition coefficient (Wildman–Crippen LogP) is 4.79. The topological polar surface area (TPSA) is 73.2 Å². The highest BCUT2D eigenvalue weighted by molar-refractivity contribution is 5.98. The Morgan fingerprint density at radius 3 is 2.74 bits per heavy atom. The highest BCUT2D eigenvalue weighted by atomic mass is 16.5. The Bertz CT molecular complexity index is 1350. The van der Waals surface area contributed by atoms with Crippen molar-refractivity contribution in [3.63, 3.8) is 0 Å². The van der Waals surface area contributed by atoms with Gasteiger partial charge in [-0.15, -0.1) is 0 Å². The number of amides is 1. The number of aryl methyl sites for hydroxylation is 1. The summed E-state index contributed by atoms with van der Waals surface area (Å²) in [6.07, 6.45) is 1.18. The van der Waals surface area contributed by atoms with Crippen LogP contribution in [0, 0.1) is 0 Å². The molecule has 0 radical (unpaired) electrons. The standard InChI is InChI=1S/C25H21N3O3/c1-15(29)16-6-10-23-22(14-16)27-25(18-4-3-5-20(13-18)31-2)28(23)19-8-9-21-17(12-19)7-11-24(30)26-21/h3-6,8-10,12-14H,7,11H2,1-2H3,(H,26,30). The molecular formula is C25H21N3O3. The van der Waals surface area contributed by atoms with Crippen LogP contribution >= 0.6 is 0 Å². The van der Waals surface area contributed by atoms with Gasteiger partial charge in [0.05, 0.1) is 18.1 Å². The maximum Gasteiger partial charge on any atom is 0.224 e. The SMILES string of the molecule is COc1cccc(-c2nc3cc(C(C)=O)ccc3n2-c2ccc3c(c2)CCC(=O)N3)c1. The van der Waals surface area contributed by atoms with Crippen LogP contribution in [0.1, 0.15) is 29.3 Å². The summed E-state index contributed by atoms with van der Waals surface area (Å²) in [4.78, 5) is 28.5. The van der Waals surface area contributed by atoms with Gasteiger partial charge in [-0.2, -0.15) is 0 Å². The van der Waals surface area contributed by atoms with Crippen molar-refractivity contribution in [3.8, 4) is 22.8 Å². The summed E-state index contributed by atoms with van der Waals surface area (Å²) in [5.41, 5.74) is 6.08. The van der Waals surface area contributed by atoms with Crippen molar-refractivity contribution in [1.82, 2.24) is 9.55 Å². The number of hydrogen-bond donors (Lipinski definition) is 1. The van der Waals surface area contributed by atoms with Crippen LogP contribution in [-0.2, 0) is 11.2 Å². The molecule has 154 valence electrons. The lowest BCUT2D eigenvalue weighted by molar-refractivity contribution is -0.116. The summed E-state index contributed by atoms with van der Waals surface area (Å²) in [6.45, 7) is 1.55. The predicted molar refractivity (Wildman–Crippen MR) is 120 cm³/mol. The zero-order chi connectivity index (χ0) is 21.5. The van der Waals surface area contributed by atoms with E-state index < -0.39 is 0 Å². The molecular weight excluding hydrogens is 390 g/mol. The van der Waals surface area contributed by atoms with Gasteiger partial charge in [-0.1, -0.05) is 12.1 Å². The summed E-state index contributed by atoms with van der Waals surface area (Å²) in [5.74, 6) is 1.55. The van der Waals surface area contributed by atoms with Crippen LogP contribution in [-0.4, -0.2) is 28.4 Å². The van der Waals surface area contributed by atoms with Crippen molar-refractivity contribution in [3.05, 3.63) is 71.8 Å². The highest BCUT2D eigenvalue weighted by Crippen LogP contribution is 2.33. The van der Waals surface area contributed by atoms with E-state index in [1.165, 1.54) is 0 Å². The van der Waals surface area contributed by atoms with Gasteiger partial charge in [0.1, 0.15) is 11.6 Å². The van der Waals surface area contributed by atoms with Gasteiger partial charge in [0.2, 0.25) is 5.91 Å². The Hall–Kier alpha value is -3.93. The first kappa shape index (κ1) is 19.1. The second-order valence-corrected chi connectivity index (χ2v) is 7.65. The van der Waals surface area contributed by atoms with Crippen LogP contribution in [0.5, 0.6) is 5.75 Å². The Balaban J connectivity index is 1.75. The molecule has 6 heteroatoms. The van der Waals surface area contributed by atoms with E-state index in [1.807, 2.05) is 54.6 Å². The second-order valence-electron chi connectivity index (χ2n) is 7.65. The zero-order valence-corrected chi connectivity index (χ0v) is 17.3. The zero-order valence-electron chi connectivity index (χ0n) is 17.3. The summed E-state index contributed by atoms with van der Waals surface area (Å²) >= 11 is 0. The Morgan fingerprint density at radius 1 is 1.06 bits per heavy atom. The first-order chi connectivity index (χ1) is 15.0. The van der Waals surface area contributed by atoms with Crippen molar-refractivity contribution in [2.24, 2.45) is 0 Å². The van der Waals surface area contributed by atoms with Gasteiger partial charge in [0, 0.05) is 28.9 Å². The lowest BCUT2D eigenvalue weighted by Gasteiger charge is -2.19. The van der Waals surface area contributed by atoms with E-state index in [-0.39, 0.29) is 11.7 Å². The van der Waals surface area contributed by atoms with Gasteiger partial charge < -0.3 is 10.1 Å². The number of carbonyl (C=O) groups is 2. The molecule has 0 spiro atoms. The minimum atomic E-state index is 0.00361. The molecule has 0 unspecified atom stereocenters. The number of nitrogens with zero attached hydrogens (tertiary/aromatic N) is 2. The number of fused-ring (bicyclic) bond motifs is 2. The molecule has 31 heavy (non-hydrogen) atoms. The summed E-state index contributed by atoms with van der Waals surface area (Å²) in [6, 6.07) is 19.4. The molecule has 0 fully saturated rings. The normalized spacial score (nSPS) is 13.0. The molecule has 1 aromatic heterocycles. The fourth-order valence-corrected chi connectivity index (χ4v) is 4.03. The van der Waals surface area contributed by atoms with Gasteiger partial charge in [0.15, 0.2) is 5.78 Å². The number of benzene rings is 3. The molecule has 1 aliphatic heterocycles. The van der Waals surface area contributed by atoms with Crippen LogP contribution in [0.15, 0.2) is 60.7 Å². The van der Waals surface area contributed by atoms with Crippen LogP contribution in [0.25, 0.3) is 28.1 Å². The highest BCUT2D eigenvalue weighted by Gasteiger charge is 2.19. The van der Waals surface area contributed by atoms with Gasteiger partial charge in [-0.3, -0.25) is 14.2 Å². The third kappa shape index (κ3) is 3.36. The molecule has 6 nitrogen and oxygen atoms in total. The monoisotopic (exact) mass is 411 g/mol. The number of carbonyl (C=O) groups excluding carboxylic acids is 2. The number of aromatic nitrogens is 2. The fraction of sp³-hybridized carbons (Fsp3) is 0.160. The van der Waals surface area contributed by atoms with E-state index in [4.69, 9.17) is 9.72 Å². The maximum absolute atomic E-state index is 11.9. The van der Waals surface area contributed by atoms with Crippen molar-refractivity contribution in [2.45, 2.75) is 19.8 Å². The molecule has 2 heterocycles. The number of nitrogens with one attached hydrogen (secondary N) is 1. The molecule has 1 amide bonds. The number of anilines is 1. The molecule has 0 bridgehead atoms. The number of hydrogen-bond acceptors (Lipinski definition) is 4. The van der Waals surface area contributed by atoms with Crippen molar-refractivity contribution in [1.29, 1.82) is 0 Å². The maximum atomic E-state index is 11.9. The van der Waals surface area contributed by atoms with E-state index >= 15 is 0 Å². The van der Waals surface area contributed by atoms with Crippen LogP contribution < -0.4 is 10.1 Å². The Labute approximate surface area is 179 Å². The van der Waals surface area contributed by atoms with Crippen LogP contribution in [0.3, 0.4) is 0 Å². The van der Waals surface area contributed by atoms with Crippen molar-refractivity contribution < 1.29 is 14.3 Å². The summed E-state index contributed by atoms with van der Waals surface area (Å²) in [7, 11) is 1.64. The summed E-state index contributed by atoms with van der Waals surface area (Å²) in [5, 5.41) is 2.93. The quantitative estimate of drug-likeness (QED) is 0.490. The average Bonchev–Trinajstić information content (AvgIpc) is 3.17. The Morgan fingerprint density at radius 2 is 1.94 bits per heavy atom. The summed E-state index contributed by atoms with van der Waals surface area (Å²) < 4.78 is 7.50. The third-order valence-corrected chi connectivity index (χ3v) is 5.63. The molecule has 0 atom stereocenters. The minimum Gasteiger partial charge on any atom is -0.497 e. The third-order valence-electron chi connectivity index (χ3n) is 5.63. The van der Waals surface area contributed by atoms with Crippen LogP contribution in [0.2, 0.25) is 0 Å². The van der Waals surface area contributed by atoms with E-state index in [1.54, 1.807) is 14.0 Å². The van der Waals surface area contributed by atoms with E-state index in [0.29, 0.717) is 18.4 Å². The molecule has 3 aromatic carbocycles. The lowest BCUT2D eigenvalue weighted by atomic mass is 10.0. The largest absolute Gasteiger partial charge is 0.497 e. The van der Waals surface area contributed by atoms with Crippen molar-refractivity contribution >= 4 is 28.4 Å². The number of ketones is 1. The lowest BCUT2D eigenvalue weighted by Crippen LogP contribution is -2.19. The second kappa shape index (κ2) is 7.40. The molecule has 4 aromatic rings. The number of rotatable bonds is 4. The molecule has 0 aliphatic carbocycles. The fourth-order valence-electron chi connectivity index (χ4n) is 4.03. The van der Waals surface area contributed by atoms with Crippen LogP contribution in [0.4, 0.5) is 5.69 Å². The number of methoxy groups -OCH3 is 1. The van der Waals surface area contributed by atoms with Gasteiger partial charge in [-0.05, 0) is 67.4 Å². The number of Topliss-reactive ketones (excluding diaryl/α,β-unsaturated/α-hetero) is 1. The average molecular weight is 411 g/mol. The first-order valence-corrected chi connectivity index (χ1v) is 10.1. The number of ether oxygens (including phenoxy) is 1. The van der Waals surface area contributed by atoms with E-state index in [2.05, 4.69) is 16.0 Å². The molecule has 5 rings (SSSR count). The van der Waals surface area contributed by atoms with E-state index in [9.17, 15) is 9.59 Å². The molecule has 1 N–H and O–H groups in total. The first-order valence-electron chi connectivity index (χ1n) is 10.1. The molecule has 0 saturated heterocycles. The molecule has 1 aliphatic rings. The Kier molecular flexibility index (Phi) is 4.55. The smallest absolute Gasteiger partial charge is 0.224 e.